The summed E-state index contributed by atoms with van der Waals surface area (Å²) >= 11 is 0. The number of nitrogens with zero attached hydrogens (tertiary/aromatic N) is 1. The molecule has 2 heteroatoms. The molecule has 52 valence electrons. The number of amidine groups is 1. The Balaban J connectivity index is 2.45. The van der Waals surface area contributed by atoms with Gasteiger partial charge in [-0.1, -0.05) is 13.8 Å². The average molecular weight is 126 g/mol. The molecule has 0 bridgehead atoms. The highest BCUT2D eigenvalue weighted by molar-refractivity contribution is 5.85. The lowest BCUT2D eigenvalue weighted by Gasteiger charge is -2.07. The molecule has 0 amide bonds. The van der Waals surface area contributed by atoms with Crippen molar-refractivity contribution < 1.29 is 0 Å². The fourth-order valence-electron chi connectivity index (χ4n) is 0.928. The normalized spacial score (nSPS) is 26.2. The molecule has 0 aliphatic carbocycles. The molecule has 0 saturated carbocycles. The Labute approximate surface area is 56.4 Å². The molecular formula is C7H14N2. The largest absolute Gasteiger partial charge is 0.369 e. The molecule has 0 radical (unpaired) electrons. The Morgan fingerprint density at radius 3 is 2.56 bits per heavy atom. The Bertz CT molecular complexity index is 127. The maximum Gasteiger partial charge on any atom is 0.0992 e. The second-order valence-electron chi connectivity index (χ2n) is 2.93. The highest BCUT2D eigenvalue weighted by Crippen LogP contribution is 2.02. The van der Waals surface area contributed by atoms with Gasteiger partial charge in [-0.05, 0) is 6.92 Å². The van der Waals surface area contributed by atoms with Gasteiger partial charge >= 0.3 is 0 Å². The van der Waals surface area contributed by atoms with Crippen LogP contribution in [0, 0.1) is 5.92 Å². The summed E-state index contributed by atoms with van der Waals surface area (Å²) in [4.78, 5) is 4.32. The van der Waals surface area contributed by atoms with Gasteiger partial charge in [0.25, 0.3) is 0 Å². The summed E-state index contributed by atoms with van der Waals surface area (Å²) in [6.45, 7) is 7.42. The molecule has 0 aromatic rings. The van der Waals surface area contributed by atoms with Crippen molar-refractivity contribution in [2.24, 2.45) is 10.9 Å². The maximum absolute atomic E-state index is 4.32. The van der Waals surface area contributed by atoms with Crippen molar-refractivity contribution in [1.29, 1.82) is 0 Å². The van der Waals surface area contributed by atoms with Crippen LogP contribution >= 0.6 is 0 Å². The maximum atomic E-state index is 4.32. The zero-order valence-corrected chi connectivity index (χ0v) is 6.31. The van der Waals surface area contributed by atoms with Gasteiger partial charge in [0.15, 0.2) is 0 Å². The van der Waals surface area contributed by atoms with E-state index in [0.29, 0.717) is 12.0 Å². The van der Waals surface area contributed by atoms with E-state index < -0.39 is 0 Å². The van der Waals surface area contributed by atoms with Crippen LogP contribution in [0.1, 0.15) is 20.8 Å². The van der Waals surface area contributed by atoms with Gasteiger partial charge in [0.2, 0.25) is 0 Å². The lowest BCUT2D eigenvalue weighted by Crippen LogP contribution is -2.30. The zero-order valence-electron chi connectivity index (χ0n) is 6.31. The van der Waals surface area contributed by atoms with Crippen LogP contribution < -0.4 is 5.32 Å². The van der Waals surface area contributed by atoms with Crippen LogP contribution in [0.3, 0.4) is 0 Å². The molecule has 1 unspecified atom stereocenters. The summed E-state index contributed by atoms with van der Waals surface area (Å²) in [5, 5.41) is 3.30. The molecule has 1 N–H and O–H groups in total. The third kappa shape index (κ3) is 1.44. The lowest BCUT2D eigenvalue weighted by molar-refractivity contribution is 0.708. The Morgan fingerprint density at radius 1 is 1.67 bits per heavy atom. The zero-order chi connectivity index (χ0) is 6.85. The molecule has 0 saturated heterocycles. The van der Waals surface area contributed by atoms with E-state index in [4.69, 9.17) is 0 Å². The van der Waals surface area contributed by atoms with E-state index >= 15 is 0 Å². The summed E-state index contributed by atoms with van der Waals surface area (Å²) in [5.41, 5.74) is 0. The summed E-state index contributed by atoms with van der Waals surface area (Å²) in [6, 6.07) is 0.558. The monoisotopic (exact) mass is 126 g/mol. The predicted octanol–water partition coefficient (Wildman–Crippen LogP) is 1.03. The fraction of sp³-hybridized carbons (Fsp3) is 0.857. The third-order valence-electron chi connectivity index (χ3n) is 1.48. The first-order valence-corrected chi connectivity index (χ1v) is 3.51. The molecule has 1 rings (SSSR count). The quantitative estimate of drug-likeness (QED) is 0.557. The van der Waals surface area contributed by atoms with Gasteiger partial charge in [-0.25, -0.2) is 0 Å². The molecule has 0 aromatic heterocycles. The molecule has 0 aromatic carbocycles. The average Bonchev–Trinajstić information content (AvgIpc) is 2.14. The second-order valence-corrected chi connectivity index (χ2v) is 2.93. The van der Waals surface area contributed by atoms with Crippen molar-refractivity contribution in [1.82, 2.24) is 5.32 Å². The minimum Gasteiger partial charge on any atom is -0.369 e. The van der Waals surface area contributed by atoms with Crippen LogP contribution in [-0.2, 0) is 0 Å². The van der Waals surface area contributed by atoms with E-state index in [1.807, 2.05) is 0 Å². The molecular weight excluding hydrogens is 112 g/mol. The van der Waals surface area contributed by atoms with Crippen LogP contribution in [0.4, 0.5) is 0 Å². The van der Waals surface area contributed by atoms with Gasteiger partial charge in [-0.15, -0.1) is 0 Å². The Hall–Kier alpha value is -0.530. The van der Waals surface area contributed by atoms with Crippen molar-refractivity contribution >= 4 is 5.84 Å². The standard InChI is InChI=1S/C7H14N2/c1-5(2)7-8-4-6(3)9-7/h5-6H,4H2,1-3H3,(H,8,9). The van der Waals surface area contributed by atoms with Crippen LogP contribution in [0.2, 0.25) is 0 Å². The minimum atomic E-state index is 0.558. The van der Waals surface area contributed by atoms with E-state index in [2.05, 4.69) is 31.1 Å². The number of rotatable bonds is 1. The van der Waals surface area contributed by atoms with Crippen LogP contribution in [0.5, 0.6) is 0 Å². The van der Waals surface area contributed by atoms with Crippen molar-refractivity contribution in [2.45, 2.75) is 26.8 Å². The van der Waals surface area contributed by atoms with Gasteiger partial charge in [0, 0.05) is 12.0 Å². The van der Waals surface area contributed by atoms with Gasteiger partial charge in [0.1, 0.15) is 0 Å². The van der Waals surface area contributed by atoms with E-state index in [-0.39, 0.29) is 0 Å². The van der Waals surface area contributed by atoms with Gasteiger partial charge in [-0.3, -0.25) is 4.99 Å². The lowest BCUT2D eigenvalue weighted by atomic mass is 10.2. The third-order valence-corrected chi connectivity index (χ3v) is 1.48. The molecule has 1 atom stereocenters. The van der Waals surface area contributed by atoms with Crippen LogP contribution in [0.25, 0.3) is 0 Å². The molecule has 2 nitrogen and oxygen atoms in total. The molecule has 1 aliphatic heterocycles. The summed E-state index contributed by atoms with van der Waals surface area (Å²) in [7, 11) is 0. The molecule has 1 aliphatic rings. The number of nitrogens with one attached hydrogen (secondary N) is 1. The van der Waals surface area contributed by atoms with Crippen molar-refractivity contribution in [3.63, 3.8) is 0 Å². The number of hydrogen-bond donors (Lipinski definition) is 1. The SMILES string of the molecule is CC1CN=C(C(C)C)N1. The minimum absolute atomic E-state index is 0.558. The highest BCUT2D eigenvalue weighted by atomic mass is 15.1. The van der Waals surface area contributed by atoms with Crippen molar-refractivity contribution in [3.05, 3.63) is 0 Å². The first-order valence-electron chi connectivity index (χ1n) is 3.51. The summed E-state index contributed by atoms with van der Waals surface area (Å²) < 4.78 is 0. The first-order chi connectivity index (χ1) is 4.20. The van der Waals surface area contributed by atoms with Crippen molar-refractivity contribution in [3.8, 4) is 0 Å². The molecule has 0 fully saturated rings. The van der Waals surface area contributed by atoms with E-state index in [1.54, 1.807) is 0 Å². The van der Waals surface area contributed by atoms with Gasteiger partial charge in [-0.2, -0.15) is 0 Å². The highest BCUT2D eigenvalue weighted by Gasteiger charge is 2.13. The number of aliphatic imine (C=N–C) groups is 1. The molecule has 1 heterocycles. The van der Waals surface area contributed by atoms with Crippen LogP contribution in [-0.4, -0.2) is 18.4 Å². The van der Waals surface area contributed by atoms with Crippen LogP contribution in [0.15, 0.2) is 4.99 Å². The molecule has 9 heavy (non-hydrogen) atoms. The summed E-state index contributed by atoms with van der Waals surface area (Å²) in [6.07, 6.45) is 0. The Morgan fingerprint density at radius 2 is 2.33 bits per heavy atom. The smallest absolute Gasteiger partial charge is 0.0992 e. The van der Waals surface area contributed by atoms with Gasteiger partial charge in [0.05, 0.1) is 12.4 Å². The summed E-state index contributed by atoms with van der Waals surface area (Å²) in [5.74, 6) is 1.73. The predicted molar refractivity (Wildman–Crippen MR) is 39.7 cm³/mol. The Kier molecular flexibility index (Phi) is 1.74. The topological polar surface area (TPSA) is 24.4 Å². The van der Waals surface area contributed by atoms with Gasteiger partial charge < -0.3 is 5.32 Å². The van der Waals surface area contributed by atoms with Crippen molar-refractivity contribution in [2.75, 3.05) is 6.54 Å². The first kappa shape index (κ1) is 6.59. The van der Waals surface area contributed by atoms with E-state index in [1.165, 1.54) is 5.84 Å². The fourth-order valence-corrected chi connectivity index (χ4v) is 0.928. The molecule has 0 spiro atoms. The second kappa shape index (κ2) is 2.38. The van der Waals surface area contributed by atoms with E-state index in [0.717, 1.165) is 6.54 Å². The number of hydrogen-bond acceptors (Lipinski definition) is 2. The van der Waals surface area contributed by atoms with E-state index in [9.17, 15) is 0 Å².